The van der Waals surface area contributed by atoms with Gasteiger partial charge in [-0.2, -0.15) is 0 Å². The maximum absolute atomic E-state index is 11.6. The monoisotopic (exact) mass is 291 g/mol. The van der Waals surface area contributed by atoms with Crippen LogP contribution in [-0.2, 0) is 16.1 Å². The maximum atomic E-state index is 11.6. The van der Waals surface area contributed by atoms with Crippen LogP contribution in [0.1, 0.15) is 18.7 Å². The van der Waals surface area contributed by atoms with Crippen molar-refractivity contribution in [1.29, 1.82) is 0 Å². The number of carbonyl (C=O) groups is 1. The molecular weight excluding hydrogens is 274 g/mol. The van der Waals surface area contributed by atoms with Crippen molar-refractivity contribution in [2.75, 3.05) is 20.2 Å². The highest BCUT2D eigenvalue weighted by atomic mass is 16.5. The number of rotatable bonds is 4. The van der Waals surface area contributed by atoms with Crippen LogP contribution in [0.4, 0.5) is 0 Å². The second-order valence-electron chi connectivity index (χ2n) is 5.08. The number of nitrogens with zero attached hydrogens (tertiary/aromatic N) is 3. The SMILES string of the molecule is COC(=O)C1CCCN(Cc2nnc(-c3ccco3)o2)C1. The van der Waals surface area contributed by atoms with Gasteiger partial charge >= 0.3 is 5.97 Å². The molecule has 1 atom stereocenters. The summed E-state index contributed by atoms with van der Waals surface area (Å²) in [4.78, 5) is 13.7. The Kier molecular flexibility index (Phi) is 4.01. The first kappa shape index (κ1) is 13.8. The highest BCUT2D eigenvalue weighted by Gasteiger charge is 2.27. The fourth-order valence-electron chi connectivity index (χ4n) is 2.57. The Morgan fingerprint density at radius 3 is 3.19 bits per heavy atom. The Bertz CT molecular complexity index is 593. The van der Waals surface area contributed by atoms with E-state index in [0.29, 0.717) is 30.6 Å². The van der Waals surface area contributed by atoms with Crippen molar-refractivity contribution in [2.45, 2.75) is 19.4 Å². The zero-order valence-electron chi connectivity index (χ0n) is 11.8. The number of hydrogen-bond donors (Lipinski definition) is 0. The van der Waals surface area contributed by atoms with E-state index in [-0.39, 0.29) is 11.9 Å². The predicted octanol–water partition coefficient (Wildman–Crippen LogP) is 1.71. The van der Waals surface area contributed by atoms with Gasteiger partial charge in [-0.05, 0) is 31.5 Å². The molecule has 1 saturated heterocycles. The van der Waals surface area contributed by atoms with Crippen molar-refractivity contribution < 1.29 is 18.4 Å². The number of likely N-dealkylation sites (tertiary alicyclic amines) is 1. The molecule has 3 rings (SSSR count). The van der Waals surface area contributed by atoms with Crippen LogP contribution in [0, 0.1) is 5.92 Å². The summed E-state index contributed by atoms with van der Waals surface area (Å²) in [5, 5.41) is 7.99. The zero-order valence-corrected chi connectivity index (χ0v) is 11.8. The van der Waals surface area contributed by atoms with Gasteiger partial charge in [0.2, 0.25) is 5.89 Å². The minimum absolute atomic E-state index is 0.0729. The molecule has 1 aliphatic rings. The molecule has 112 valence electrons. The highest BCUT2D eigenvalue weighted by molar-refractivity contribution is 5.72. The van der Waals surface area contributed by atoms with Crippen LogP contribution in [0.15, 0.2) is 27.2 Å². The molecule has 7 heteroatoms. The van der Waals surface area contributed by atoms with Gasteiger partial charge in [0.25, 0.3) is 5.89 Å². The number of hydrogen-bond acceptors (Lipinski definition) is 7. The number of esters is 1. The molecule has 1 unspecified atom stereocenters. The molecule has 7 nitrogen and oxygen atoms in total. The van der Waals surface area contributed by atoms with Crippen LogP contribution >= 0.6 is 0 Å². The minimum Gasteiger partial charge on any atom is -0.469 e. The van der Waals surface area contributed by atoms with Crippen LogP contribution in [0.25, 0.3) is 11.7 Å². The summed E-state index contributed by atoms with van der Waals surface area (Å²) in [6.07, 6.45) is 3.38. The van der Waals surface area contributed by atoms with Crippen molar-refractivity contribution in [3.8, 4) is 11.7 Å². The van der Waals surface area contributed by atoms with Crippen LogP contribution in [0.2, 0.25) is 0 Å². The van der Waals surface area contributed by atoms with Crippen LogP contribution in [0.3, 0.4) is 0 Å². The number of furan rings is 1. The summed E-state index contributed by atoms with van der Waals surface area (Å²) < 4.78 is 15.6. The minimum atomic E-state index is -0.151. The lowest BCUT2D eigenvalue weighted by atomic mass is 9.98. The average Bonchev–Trinajstić information content (AvgIpc) is 3.17. The predicted molar refractivity (Wildman–Crippen MR) is 72.0 cm³/mol. The van der Waals surface area contributed by atoms with E-state index in [1.165, 1.54) is 7.11 Å². The van der Waals surface area contributed by atoms with E-state index in [4.69, 9.17) is 13.6 Å². The van der Waals surface area contributed by atoms with E-state index in [1.807, 2.05) is 0 Å². The Morgan fingerprint density at radius 2 is 2.43 bits per heavy atom. The van der Waals surface area contributed by atoms with Gasteiger partial charge in [0, 0.05) is 6.54 Å². The molecule has 0 aliphatic carbocycles. The summed E-state index contributed by atoms with van der Waals surface area (Å²) >= 11 is 0. The van der Waals surface area contributed by atoms with Crippen molar-refractivity contribution in [2.24, 2.45) is 5.92 Å². The van der Waals surface area contributed by atoms with Crippen LogP contribution in [0.5, 0.6) is 0 Å². The quantitative estimate of drug-likeness (QED) is 0.793. The number of ether oxygens (including phenoxy) is 1. The van der Waals surface area contributed by atoms with E-state index in [1.54, 1.807) is 18.4 Å². The normalized spacial score (nSPS) is 19.6. The molecule has 21 heavy (non-hydrogen) atoms. The fraction of sp³-hybridized carbons (Fsp3) is 0.500. The first-order valence-electron chi connectivity index (χ1n) is 6.92. The molecular formula is C14H17N3O4. The highest BCUT2D eigenvalue weighted by Crippen LogP contribution is 2.21. The van der Waals surface area contributed by atoms with E-state index in [9.17, 15) is 4.79 Å². The van der Waals surface area contributed by atoms with Gasteiger partial charge < -0.3 is 13.6 Å². The van der Waals surface area contributed by atoms with Crippen molar-refractivity contribution in [1.82, 2.24) is 15.1 Å². The molecule has 1 aliphatic heterocycles. The Balaban J connectivity index is 1.62. The summed E-state index contributed by atoms with van der Waals surface area (Å²) in [7, 11) is 1.43. The molecule has 1 fully saturated rings. The molecule has 0 saturated carbocycles. The summed E-state index contributed by atoms with van der Waals surface area (Å²) in [5.74, 6) is 1.22. The second kappa shape index (κ2) is 6.09. The average molecular weight is 291 g/mol. The Morgan fingerprint density at radius 1 is 1.52 bits per heavy atom. The number of carbonyl (C=O) groups excluding carboxylic acids is 1. The van der Waals surface area contributed by atoms with Gasteiger partial charge in [0.15, 0.2) is 5.76 Å². The standard InChI is InChI=1S/C14H17N3O4/c1-19-14(18)10-4-2-6-17(8-10)9-12-15-16-13(21-12)11-5-3-7-20-11/h3,5,7,10H,2,4,6,8-9H2,1H3. The van der Waals surface area contributed by atoms with E-state index >= 15 is 0 Å². The van der Waals surface area contributed by atoms with E-state index in [2.05, 4.69) is 15.1 Å². The second-order valence-corrected chi connectivity index (χ2v) is 5.08. The number of methoxy groups -OCH3 is 1. The molecule has 0 N–H and O–H groups in total. The van der Waals surface area contributed by atoms with Gasteiger partial charge in [-0.3, -0.25) is 9.69 Å². The number of aromatic nitrogens is 2. The maximum Gasteiger partial charge on any atom is 0.309 e. The summed E-state index contributed by atoms with van der Waals surface area (Å²) in [6.45, 7) is 2.10. The van der Waals surface area contributed by atoms with Crippen LogP contribution < -0.4 is 0 Å². The zero-order chi connectivity index (χ0) is 14.7. The Hall–Kier alpha value is -2.15. The third-order valence-electron chi connectivity index (χ3n) is 3.60. The molecule has 2 aromatic rings. The number of piperidine rings is 1. The van der Waals surface area contributed by atoms with Gasteiger partial charge in [0.05, 0.1) is 25.8 Å². The lowest BCUT2D eigenvalue weighted by Gasteiger charge is -2.29. The molecule has 2 aromatic heterocycles. The summed E-state index contributed by atoms with van der Waals surface area (Å²) in [5.41, 5.74) is 0. The van der Waals surface area contributed by atoms with Gasteiger partial charge in [-0.1, -0.05) is 0 Å². The van der Waals surface area contributed by atoms with E-state index in [0.717, 1.165) is 19.4 Å². The molecule has 3 heterocycles. The third-order valence-corrected chi connectivity index (χ3v) is 3.60. The molecule has 0 bridgehead atoms. The van der Waals surface area contributed by atoms with Gasteiger partial charge in [-0.25, -0.2) is 0 Å². The lowest BCUT2D eigenvalue weighted by Crippen LogP contribution is -2.38. The molecule has 0 amide bonds. The summed E-state index contributed by atoms with van der Waals surface area (Å²) in [6, 6.07) is 3.54. The molecule has 0 spiro atoms. The van der Waals surface area contributed by atoms with Gasteiger partial charge in [-0.15, -0.1) is 10.2 Å². The smallest absolute Gasteiger partial charge is 0.309 e. The largest absolute Gasteiger partial charge is 0.469 e. The van der Waals surface area contributed by atoms with Crippen molar-refractivity contribution in [3.05, 3.63) is 24.3 Å². The lowest BCUT2D eigenvalue weighted by molar-refractivity contribution is -0.147. The van der Waals surface area contributed by atoms with Crippen molar-refractivity contribution in [3.63, 3.8) is 0 Å². The first-order chi connectivity index (χ1) is 10.3. The van der Waals surface area contributed by atoms with Crippen LogP contribution in [-0.4, -0.2) is 41.3 Å². The fourth-order valence-corrected chi connectivity index (χ4v) is 2.57. The molecule has 0 aromatic carbocycles. The van der Waals surface area contributed by atoms with Crippen molar-refractivity contribution >= 4 is 5.97 Å². The Labute approximate surface area is 121 Å². The van der Waals surface area contributed by atoms with Gasteiger partial charge in [0.1, 0.15) is 0 Å². The third kappa shape index (κ3) is 3.13. The topological polar surface area (TPSA) is 81.6 Å². The first-order valence-corrected chi connectivity index (χ1v) is 6.92. The van der Waals surface area contributed by atoms with E-state index < -0.39 is 0 Å². The molecule has 0 radical (unpaired) electrons.